The van der Waals surface area contributed by atoms with Crippen LogP contribution < -0.4 is 14.8 Å². The van der Waals surface area contributed by atoms with Crippen molar-refractivity contribution in [1.82, 2.24) is 0 Å². The first-order valence-electron chi connectivity index (χ1n) is 8.76. The van der Waals surface area contributed by atoms with E-state index in [0.29, 0.717) is 29.8 Å². The molecule has 0 radical (unpaired) electrons. The first-order valence-corrected chi connectivity index (χ1v) is 9.52. The Morgan fingerprint density at radius 2 is 1.52 bits per heavy atom. The van der Waals surface area contributed by atoms with Crippen molar-refractivity contribution in [3.8, 4) is 11.5 Å². The highest BCUT2D eigenvalue weighted by atomic mass is 35.5. The monoisotopic (exact) mass is 401 g/mol. The van der Waals surface area contributed by atoms with Crippen LogP contribution in [0.15, 0.2) is 66.7 Å². The molecule has 3 rings (SSSR count). The van der Waals surface area contributed by atoms with Gasteiger partial charge in [-0.3, -0.25) is 0 Å². The minimum Gasteiger partial charge on any atom is -0.494 e. The summed E-state index contributed by atoms with van der Waals surface area (Å²) in [6.45, 7) is 3.69. The van der Waals surface area contributed by atoms with E-state index in [-0.39, 0.29) is 0 Å². The summed E-state index contributed by atoms with van der Waals surface area (Å²) in [7, 11) is 0. The molecule has 0 spiro atoms. The van der Waals surface area contributed by atoms with Crippen molar-refractivity contribution in [3.05, 3.63) is 87.9 Å². The average Bonchev–Trinajstić information content (AvgIpc) is 2.68. The lowest BCUT2D eigenvalue weighted by Gasteiger charge is -2.14. The predicted molar refractivity (Wildman–Crippen MR) is 112 cm³/mol. The van der Waals surface area contributed by atoms with E-state index in [1.165, 1.54) is 0 Å². The van der Waals surface area contributed by atoms with E-state index in [1.807, 2.05) is 73.7 Å². The Bertz CT molecular complexity index is 864. The fourth-order valence-electron chi connectivity index (χ4n) is 2.60. The summed E-state index contributed by atoms with van der Waals surface area (Å²) in [5.74, 6) is 1.66. The largest absolute Gasteiger partial charge is 0.494 e. The normalized spacial score (nSPS) is 10.5. The third-order valence-electron chi connectivity index (χ3n) is 3.98. The van der Waals surface area contributed by atoms with Crippen LogP contribution in [0.5, 0.6) is 11.5 Å². The van der Waals surface area contributed by atoms with Crippen molar-refractivity contribution in [2.24, 2.45) is 0 Å². The summed E-state index contributed by atoms with van der Waals surface area (Å²) in [5, 5.41) is 4.78. The molecule has 0 amide bonds. The molecule has 27 heavy (non-hydrogen) atoms. The van der Waals surface area contributed by atoms with Crippen molar-refractivity contribution in [2.75, 3.05) is 11.9 Å². The summed E-state index contributed by atoms with van der Waals surface area (Å²) in [6.07, 6.45) is 0. The molecule has 5 heteroatoms. The molecular weight excluding hydrogens is 381 g/mol. The van der Waals surface area contributed by atoms with Gasteiger partial charge in [-0.05, 0) is 67.1 Å². The Morgan fingerprint density at radius 1 is 0.815 bits per heavy atom. The lowest BCUT2D eigenvalue weighted by Crippen LogP contribution is -2.04. The van der Waals surface area contributed by atoms with Gasteiger partial charge in [-0.2, -0.15) is 0 Å². The van der Waals surface area contributed by atoms with Crippen LogP contribution in [0.1, 0.15) is 18.1 Å². The summed E-state index contributed by atoms with van der Waals surface area (Å²) in [4.78, 5) is 0. The van der Waals surface area contributed by atoms with Crippen LogP contribution in [0.3, 0.4) is 0 Å². The van der Waals surface area contributed by atoms with Gasteiger partial charge in [0, 0.05) is 27.8 Å². The Morgan fingerprint density at radius 3 is 2.22 bits per heavy atom. The van der Waals surface area contributed by atoms with E-state index >= 15 is 0 Å². The average molecular weight is 402 g/mol. The molecule has 0 heterocycles. The molecule has 0 unspecified atom stereocenters. The van der Waals surface area contributed by atoms with Gasteiger partial charge < -0.3 is 14.8 Å². The van der Waals surface area contributed by atoms with Gasteiger partial charge in [0.15, 0.2) is 0 Å². The number of benzene rings is 3. The van der Waals surface area contributed by atoms with Gasteiger partial charge >= 0.3 is 0 Å². The molecule has 3 aromatic carbocycles. The third kappa shape index (κ3) is 5.81. The molecule has 0 aliphatic rings. The molecule has 0 atom stereocenters. The summed E-state index contributed by atoms with van der Waals surface area (Å²) in [5.41, 5.74) is 3.05. The minimum absolute atomic E-state index is 0.467. The van der Waals surface area contributed by atoms with E-state index in [0.717, 1.165) is 28.3 Å². The molecule has 1 N–H and O–H groups in total. The first kappa shape index (κ1) is 19.4. The van der Waals surface area contributed by atoms with Gasteiger partial charge in [0.2, 0.25) is 0 Å². The second kappa shape index (κ2) is 9.54. The number of rotatable bonds is 8. The number of nitrogens with one attached hydrogen (secondary N) is 1. The van der Waals surface area contributed by atoms with Crippen LogP contribution in [-0.2, 0) is 13.2 Å². The molecule has 0 aromatic heterocycles. The fourth-order valence-corrected chi connectivity index (χ4v) is 2.92. The molecule has 0 aliphatic heterocycles. The molecule has 3 nitrogen and oxygen atoms in total. The van der Waals surface area contributed by atoms with Gasteiger partial charge in [0.25, 0.3) is 0 Å². The Labute approximate surface area is 169 Å². The smallest absolute Gasteiger partial charge is 0.124 e. The minimum atomic E-state index is 0.467. The SMILES string of the molecule is CCOc1ccc(NCc2cc(Cl)ccc2OCc2ccc(Cl)cc2)cc1. The number of hydrogen-bond acceptors (Lipinski definition) is 3. The highest BCUT2D eigenvalue weighted by Gasteiger charge is 2.06. The fraction of sp³-hybridized carbons (Fsp3) is 0.182. The lowest BCUT2D eigenvalue weighted by molar-refractivity contribution is 0.303. The maximum atomic E-state index is 6.17. The second-order valence-electron chi connectivity index (χ2n) is 5.98. The van der Waals surface area contributed by atoms with E-state index in [4.69, 9.17) is 32.7 Å². The van der Waals surface area contributed by atoms with Crippen molar-refractivity contribution < 1.29 is 9.47 Å². The molecule has 0 saturated carbocycles. The zero-order valence-electron chi connectivity index (χ0n) is 15.0. The number of anilines is 1. The summed E-state index contributed by atoms with van der Waals surface area (Å²) in [6, 6.07) is 21.1. The van der Waals surface area contributed by atoms with Crippen molar-refractivity contribution in [3.63, 3.8) is 0 Å². The van der Waals surface area contributed by atoms with E-state index < -0.39 is 0 Å². The maximum Gasteiger partial charge on any atom is 0.124 e. The molecule has 0 saturated heterocycles. The molecule has 140 valence electrons. The lowest BCUT2D eigenvalue weighted by atomic mass is 10.2. The molecule has 0 fully saturated rings. The number of ether oxygens (including phenoxy) is 2. The highest BCUT2D eigenvalue weighted by Crippen LogP contribution is 2.25. The zero-order chi connectivity index (χ0) is 19.1. The van der Waals surface area contributed by atoms with Gasteiger partial charge in [-0.15, -0.1) is 0 Å². The topological polar surface area (TPSA) is 30.5 Å². The van der Waals surface area contributed by atoms with Crippen LogP contribution in [0.2, 0.25) is 10.0 Å². The van der Waals surface area contributed by atoms with E-state index in [2.05, 4.69) is 5.32 Å². The number of hydrogen-bond donors (Lipinski definition) is 1. The maximum absolute atomic E-state index is 6.17. The molecular formula is C22H21Cl2NO2. The van der Waals surface area contributed by atoms with Crippen LogP contribution in [-0.4, -0.2) is 6.61 Å². The highest BCUT2D eigenvalue weighted by molar-refractivity contribution is 6.30. The van der Waals surface area contributed by atoms with E-state index in [9.17, 15) is 0 Å². The standard InChI is InChI=1S/C22H21Cl2NO2/c1-2-26-21-10-8-20(9-11-21)25-14-17-13-19(24)7-12-22(17)27-15-16-3-5-18(23)6-4-16/h3-13,25H,2,14-15H2,1H3. The van der Waals surface area contributed by atoms with Crippen molar-refractivity contribution in [1.29, 1.82) is 0 Å². The predicted octanol–water partition coefficient (Wildman–Crippen LogP) is 6.58. The summed E-state index contributed by atoms with van der Waals surface area (Å²) >= 11 is 12.1. The Kier molecular flexibility index (Phi) is 6.86. The van der Waals surface area contributed by atoms with Gasteiger partial charge in [0.1, 0.15) is 18.1 Å². The van der Waals surface area contributed by atoms with E-state index in [1.54, 1.807) is 0 Å². The quantitative estimate of drug-likeness (QED) is 0.462. The molecule has 3 aromatic rings. The summed E-state index contributed by atoms with van der Waals surface area (Å²) < 4.78 is 11.5. The molecule has 0 bridgehead atoms. The van der Waals surface area contributed by atoms with Crippen molar-refractivity contribution >= 4 is 28.9 Å². The third-order valence-corrected chi connectivity index (χ3v) is 4.47. The molecule has 0 aliphatic carbocycles. The van der Waals surface area contributed by atoms with Gasteiger partial charge in [-0.1, -0.05) is 35.3 Å². The Balaban J connectivity index is 1.65. The zero-order valence-corrected chi connectivity index (χ0v) is 16.6. The first-order chi connectivity index (χ1) is 13.1. The second-order valence-corrected chi connectivity index (χ2v) is 6.85. The number of halogens is 2. The van der Waals surface area contributed by atoms with Crippen LogP contribution in [0, 0.1) is 0 Å². The van der Waals surface area contributed by atoms with Crippen molar-refractivity contribution in [2.45, 2.75) is 20.1 Å². The Hall–Kier alpha value is -2.36. The van der Waals surface area contributed by atoms with Gasteiger partial charge in [-0.25, -0.2) is 0 Å². The van der Waals surface area contributed by atoms with Crippen LogP contribution in [0.25, 0.3) is 0 Å². The van der Waals surface area contributed by atoms with Gasteiger partial charge in [0.05, 0.1) is 6.61 Å². The van der Waals surface area contributed by atoms with Crippen LogP contribution >= 0.6 is 23.2 Å². The van der Waals surface area contributed by atoms with Crippen LogP contribution in [0.4, 0.5) is 5.69 Å².